The SMILES string of the molecule is CCCC(CC(=O)O)n1nnnc1COc1ccccc1. The molecule has 0 fully saturated rings. The number of carbonyl (C=O) groups is 1. The molecule has 1 heterocycles. The standard InChI is InChI=1S/C14H18N4O3/c1-2-6-11(9-14(19)20)18-13(15-16-17-18)10-21-12-7-4-3-5-8-12/h3-5,7-8,11H,2,6,9-10H2,1H3,(H,19,20). The van der Waals surface area contributed by atoms with Gasteiger partial charge in [-0.05, 0) is 29.0 Å². The molecule has 0 saturated heterocycles. The molecule has 0 aliphatic rings. The van der Waals surface area contributed by atoms with Crippen LogP contribution < -0.4 is 4.74 Å². The third-order valence-corrected chi connectivity index (χ3v) is 3.05. The highest BCUT2D eigenvalue weighted by Crippen LogP contribution is 2.19. The van der Waals surface area contributed by atoms with E-state index in [-0.39, 0.29) is 19.1 Å². The van der Waals surface area contributed by atoms with Crippen LogP contribution in [-0.2, 0) is 11.4 Å². The quantitative estimate of drug-likeness (QED) is 0.800. The van der Waals surface area contributed by atoms with Crippen LogP contribution in [0, 0.1) is 0 Å². The van der Waals surface area contributed by atoms with Gasteiger partial charge in [-0.15, -0.1) is 5.10 Å². The summed E-state index contributed by atoms with van der Waals surface area (Å²) in [7, 11) is 0. The number of ether oxygens (including phenoxy) is 1. The molecule has 0 aliphatic carbocycles. The van der Waals surface area contributed by atoms with Crippen LogP contribution in [0.15, 0.2) is 30.3 Å². The van der Waals surface area contributed by atoms with Crippen LogP contribution in [0.2, 0.25) is 0 Å². The van der Waals surface area contributed by atoms with Crippen LogP contribution in [0.3, 0.4) is 0 Å². The molecule has 112 valence electrons. The molecule has 7 heteroatoms. The van der Waals surface area contributed by atoms with Gasteiger partial charge in [0.2, 0.25) is 0 Å². The van der Waals surface area contributed by atoms with E-state index < -0.39 is 5.97 Å². The van der Waals surface area contributed by atoms with Gasteiger partial charge >= 0.3 is 5.97 Å². The minimum Gasteiger partial charge on any atom is -0.486 e. The highest BCUT2D eigenvalue weighted by Gasteiger charge is 2.20. The molecule has 1 N–H and O–H groups in total. The first-order chi connectivity index (χ1) is 10.2. The number of rotatable bonds is 8. The molecule has 0 aliphatic heterocycles. The summed E-state index contributed by atoms with van der Waals surface area (Å²) in [5, 5.41) is 20.5. The number of nitrogens with zero attached hydrogens (tertiary/aromatic N) is 4. The summed E-state index contributed by atoms with van der Waals surface area (Å²) in [6, 6.07) is 9.09. The molecule has 0 radical (unpaired) electrons. The Labute approximate surface area is 122 Å². The lowest BCUT2D eigenvalue weighted by molar-refractivity contribution is -0.138. The van der Waals surface area contributed by atoms with E-state index in [1.54, 1.807) is 4.68 Å². The molecule has 0 spiro atoms. The molecule has 0 saturated carbocycles. The van der Waals surface area contributed by atoms with E-state index in [9.17, 15) is 4.79 Å². The lowest BCUT2D eigenvalue weighted by Crippen LogP contribution is -2.18. The summed E-state index contributed by atoms with van der Waals surface area (Å²) >= 11 is 0. The number of hydrogen-bond donors (Lipinski definition) is 1. The number of carboxylic acids is 1. The fourth-order valence-electron chi connectivity index (χ4n) is 2.10. The first-order valence-electron chi connectivity index (χ1n) is 6.87. The maximum atomic E-state index is 11.0. The third-order valence-electron chi connectivity index (χ3n) is 3.05. The number of aliphatic carboxylic acids is 1. The van der Waals surface area contributed by atoms with Crippen molar-refractivity contribution in [3.05, 3.63) is 36.2 Å². The zero-order valence-corrected chi connectivity index (χ0v) is 11.8. The van der Waals surface area contributed by atoms with E-state index in [1.807, 2.05) is 37.3 Å². The lowest BCUT2D eigenvalue weighted by Gasteiger charge is -2.15. The average Bonchev–Trinajstić information content (AvgIpc) is 2.94. The van der Waals surface area contributed by atoms with Gasteiger partial charge in [-0.1, -0.05) is 31.5 Å². The largest absolute Gasteiger partial charge is 0.486 e. The molecule has 21 heavy (non-hydrogen) atoms. The first-order valence-corrected chi connectivity index (χ1v) is 6.87. The fraction of sp³-hybridized carbons (Fsp3) is 0.429. The van der Waals surface area contributed by atoms with E-state index in [4.69, 9.17) is 9.84 Å². The Morgan fingerprint density at radius 2 is 2.14 bits per heavy atom. The van der Waals surface area contributed by atoms with Crippen molar-refractivity contribution in [2.24, 2.45) is 0 Å². The molecule has 2 rings (SSSR count). The van der Waals surface area contributed by atoms with Gasteiger partial charge < -0.3 is 9.84 Å². The van der Waals surface area contributed by atoms with Gasteiger partial charge in [-0.3, -0.25) is 4.79 Å². The molecule has 1 atom stereocenters. The summed E-state index contributed by atoms with van der Waals surface area (Å²) in [6.45, 7) is 2.20. The van der Waals surface area contributed by atoms with Crippen molar-refractivity contribution < 1.29 is 14.6 Å². The summed E-state index contributed by atoms with van der Waals surface area (Å²) < 4.78 is 7.17. The normalized spacial score (nSPS) is 12.0. The predicted octanol–water partition coefficient (Wildman–Crippen LogP) is 2.07. The molecule has 1 aromatic carbocycles. The number of hydrogen-bond acceptors (Lipinski definition) is 5. The Balaban J connectivity index is 2.07. The third kappa shape index (κ3) is 4.27. The maximum absolute atomic E-state index is 11.0. The Bertz CT molecular complexity index is 571. The van der Waals surface area contributed by atoms with Gasteiger partial charge in [0, 0.05) is 0 Å². The average molecular weight is 290 g/mol. The smallest absolute Gasteiger partial charge is 0.305 e. The lowest BCUT2D eigenvalue weighted by atomic mass is 10.1. The summed E-state index contributed by atoms with van der Waals surface area (Å²) in [4.78, 5) is 11.0. The van der Waals surface area contributed by atoms with Gasteiger partial charge in [0.15, 0.2) is 5.82 Å². The monoisotopic (exact) mass is 290 g/mol. The van der Waals surface area contributed by atoms with Gasteiger partial charge in [-0.25, -0.2) is 4.68 Å². The molecule has 1 unspecified atom stereocenters. The molecular formula is C14H18N4O3. The van der Waals surface area contributed by atoms with Crippen molar-refractivity contribution >= 4 is 5.97 Å². The summed E-state index contributed by atoms with van der Waals surface area (Å²) in [5.41, 5.74) is 0. The number of para-hydroxylation sites is 1. The number of benzene rings is 1. The minimum absolute atomic E-state index is 0.00276. The van der Waals surface area contributed by atoms with Gasteiger partial charge in [0.05, 0.1) is 12.5 Å². The molecule has 7 nitrogen and oxygen atoms in total. The highest BCUT2D eigenvalue weighted by molar-refractivity contribution is 5.67. The van der Waals surface area contributed by atoms with Crippen LogP contribution in [0.4, 0.5) is 0 Å². The second kappa shape index (κ2) is 7.37. The number of carboxylic acid groups (broad SMARTS) is 1. The second-order valence-electron chi connectivity index (χ2n) is 4.68. The van der Waals surface area contributed by atoms with E-state index in [0.717, 1.165) is 12.2 Å². The van der Waals surface area contributed by atoms with Crippen molar-refractivity contribution in [3.63, 3.8) is 0 Å². The molecule has 0 bridgehead atoms. The number of tetrazole rings is 1. The van der Waals surface area contributed by atoms with Crippen molar-refractivity contribution in [1.29, 1.82) is 0 Å². The second-order valence-corrected chi connectivity index (χ2v) is 4.68. The van der Waals surface area contributed by atoms with E-state index in [0.29, 0.717) is 12.2 Å². The molecule has 2 aromatic rings. The van der Waals surface area contributed by atoms with E-state index >= 15 is 0 Å². The van der Waals surface area contributed by atoms with E-state index in [1.165, 1.54) is 0 Å². The van der Waals surface area contributed by atoms with Crippen LogP contribution >= 0.6 is 0 Å². The summed E-state index contributed by atoms with van der Waals surface area (Å²) in [5.74, 6) is 0.384. The van der Waals surface area contributed by atoms with Crippen LogP contribution in [0.1, 0.15) is 38.1 Å². The van der Waals surface area contributed by atoms with Gasteiger partial charge in [0.25, 0.3) is 0 Å². The maximum Gasteiger partial charge on any atom is 0.305 e. The zero-order chi connectivity index (χ0) is 15.1. The number of aromatic nitrogens is 4. The Morgan fingerprint density at radius 3 is 2.81 bits per heavy atom. The van der Waals surface area contributed by atoms with Crippen LogP contribution in [0.25, 0.3) is 0 Å². The van der Waals surface area contributed by atoms with Gasteiger partial charge in [-0.2, -0.15) is 0 Å². The Kier molecular flexibility index (Phi) is 5.25. The summed E-state index contributed by atoms with van der Waals surface area (Å²) in [6.07, 6.45) is 1.56. The van der Waals surface area contributed by atoms with Crippen LogP contribution in [-0.4, -0.2) is 31.3 Å². The topological polar surface area (TPSA) is 90.1 Å². The Morgan fingerprint density at radius 1 is 1.38 bits per heavy atom. The molecule has 1 aromatic heterocycles. The van der Waals surface area contributed by atoms with Crippen molar-refractivity contribution in [2.75, 3.05) is 0 Å². The minimum atomic E-state index is -0.862. The predicted molar refractivity (Wildman–Crippen MR) is 74.8 cm³/mol. The fourth-order valence-corrected chi connectivity index (χ4v) is 2.10. The van der Waals surface area contributed by atoms with Gasteiger partial charge in [0.1, 0.15) is 12.4 Å². The van der Waals surface area contributed by atoms with Crippen molar-refractivity contribution in [2.45, 2.75) is 38.8 Å². The molecular weight excluding hydrogens is 272 g/mol. The van der Waals surface area contributed by atoms with Crippen molar-refractivity contribution in [3.8, 4) is 5.75 Å². The van der Waals surface area contributed by atoms with Crippen LogP contribution in [0.5, 0.6) is 5.75 Å². The van der Waals surface area contributed by atoms with E-state index in [2.05, 4.69) is 15.5 Å². The Hall–Kier alpha value is -2.44. The first kappa shape index (κ1) is 15.0. The molecule has 0 amide bonds. The highest BCUT2D eigenvalue weighted by atomic mass is 16.5. The van der Waals surface area contributed by atoms with Crippen molar-refractivity contribution in [1.82, 2.24) is 20.2 Å². The zero-order valence-electron chi connectivity index (χ0n) is 11.8.